The van der Waals surface area contributed by atoms with E-state index < -0.39 is 22.8 Å². The Kier molecular flexibility index (Phi) is 5.35. The molecule has 4 aromatic rings. The summed E-state index contributed by atoms with van der Waals surface area (Å²) in [5.41, 5.74) is 13.8. The van der Waals surface area contributed by atoms with Crippen molar-refractivity contribution in [3.8, 4) is 16.9 Å². The van der Waals surface area contributed by atoms with E-state index >= 15 is 4.39 Å². The van der Waals surface area contributed by atoms with Crippen molar-refractivity contribution in [3.63, 3.8) is 0 Å². The number of benzene rings is 2. The molecule has 178 valence electrons. The Balaban J connectivity index is 1.72. The minimum Gasteiger partial charge on any atom is -0.496 e. The molecule has 2 aromatic heterocycles. The molecule has 0 bridgehead atoms. The second-order valence-electron chi connectivity index (χ2n) is 8.53. The van der Waals surface area contributed by atoms with Gasteiger partial charge in [0.15, 0.2) is 0 Å². The van der Waals surface area contributed by atoms with Gasteiger partial charge in [0, 0.05) is 40.9 Å². The first-order chi connectivity index (χ1) is 16.8. The molecule has 10 heteroatoms. The number of carbonyl (C=O) groups is 1. The van der Waals surface area contributed by atoms with Gasteiger partial charge in [0.05, 0.1) is 12.6 Å². The maximum absolute atomic E-state index is 15.7. The summed E-state index contributed by atoms with van der Waals surface area (Å²) in [7, 11) is 1.50. The lowest BCUT2D eigenvalue weighted by Crippen LogP contribution is -2.16. The predicted octanol–water partition coefficient (Wildman–Crippen LogP) is 3.46. The van der Waals surface area contributed by atoms with Crippen LogP contribution in [0.2, 0.25) is 0 Å². The van der Waals surface area contributed by atoms with Gasteiger partial charge in [0.2, 0.25) is 11.4 Å². The van der Waals surface area contributed by atoms with Gasteiger partial charge in [-0.25, -0.2) is 14.2 Å². The largest absolute Gasteiger partial charge is 0.496 e. The van der Waals surface area contributed by atoms with Gasteiger partial charge in [-0.3, -0.25) is 4.79 Å². The molecule has 0 spiro atoms. The number of nitrogen functional groups attached to an aromatic ring is 2. The van der Waals surface area contributed by atoms with Crippen molar-refractivity contribution in [3.05, 3.63) is 75.0 Å². The van der Waals surface area contributed by atoms with Crippen LogP contribution in [0.1, 0.15) is 45.8 Å². The number of aromatic amines is 1. The van der Waals surface area contributed by atoms with Crippen LogP contribution in [0.15, 0.2) is 41.5 Å². The Hall–Kier alpha value is -4.47. The number of ether oxygens (including phenoxy) is 1. The third-order valence-electron chi connectivity index (χ3n) is 6.23. The number of halogens is 1. The number of hydrogen-bond acceptors (Lipinski definition) is 7. The fraction of sp³-hybridized carbons (Fsp3) is 0.200. The molecule has 2 heterocycles. The molecule has 1 saturated carbocycles. The minimum absolute atomic E-state index is 0.00923. The summed E-state index contributed by atoms with van der Waals surface area (Å²) in [6.45, 7) is 0. The molecule has 9 nitrogen and oxygen atoms in total. The summed E-state index contributed by atoms with van der Waals surface area (Å²) in [6, 6.07) is 6.50. The molecule has 0 aliphatic heterocycles. The highest BCUT2D eigenvalue weighted by molar-refractivity contribution is 5.96. The fourth-order valence-corrected chi connectivity index (χ4v) is 4.42. The van der Waals surface area contributed by atoms with E-state index in [-0.39, 0.29) is 23.1 Å². The topological polar surface area (TPSA) is 157 Å². The second kappa shape index (κ2) is 8.39. The lowest BCUT2D eigenvalue weighted by Gasteiger charge is -2.18. The van der Waals surface area contributed by atoms with Crippen LogP contribution in [0, 0.1) is 5.82 Å². The van der Waals surface area contributed by atoms with E-state index in [9.17, 15) is 14.7 Å². The minimum atomic E-state index is -1.37. The summed E-state index contributed by atoms with van der Waals surface area (Å²) in [5.74, 6) is -1.17. The number of carboxylic acid groups (broad SMARTS) is 1. The Bertz CT molecular complexity index is 1560. The van der Waals surface area contributed by atoms with Crippen LogP contribution in [0.3, 0.4) is 0 Å². The zero-order chi connectivity index (χ0) is 24.9. The molecular weight excluding hydrogens is 453 g/mol. The Morgan fingerprint density at radius 3 is 2.71 bits per heavy atom. The maximum atomic E-state index is 15.7. The third kappa shape index (κ3) is 3.92. The molecule has 1 fully saturated rings. The molecule has 0 amide bonds. The van der Waals surface area contributed by atoms with Crippen LogP contribution < -0.4 is 21.6 Å². The second-order valence-corrected chi connectivity index (χ2v) is 8.53. The van der Waals surface area contributed by atoms with Gasteiger partial charge in [-0.15, -0.1) is 0 Å². The van der Waals surface area contributed by atoms with Gasteiger partial charge in [-0.2, -0.15) is 4.98 Å². The van der Waals surface area contributed by atoms with Gasteiger partial charge in [-0.05, 0) is 48.1 Å². The summed E-state index contributed by atoms with van der Waals surface area (Å²) < 4.78 is 21.3. The van der Waals surface area contributed by atoms with Crippen molar-refractivity contribution in [1.82, 2.24) is 15.0 Å². The third-order valence-corrected chi connectivity index (χ3v) is 6.23. The highest BCUT2D eigenvalue weighted by Crippen LogP contribution is 2.49. The van der Waals surface area contributed by atoms with Gasteiger partial charge in [0.1, 0.15) is 22.9 Å². The van der Waals surface area contributed by atoms with Crippen molar-refractivity contribution in [2.75, 3.05) is 18.6 Å². The number of aromatic carboxylic acids is 1. The molecule has 1 aliphatic rings. The lowest BCUT2D eigenvalue weighted by molar-refractivity contribution is 0.0695. The average Bonchev–Trinajstić information content (AvgIpc) is 3.66. The van der Waals surface area contributed by atoms with Crippen molar-refractivity contribution in [2.24, 2.45) is 0 Å². The summed E-state index contributed by atoms with van der Waals surface area (Å²) >= 11 is 0. The van der Waals surface area contributed by atoms with E-state index in [1.807, 2.05) is 12.1 Å². The van der Waals surface area contributed by atoms with Gasteiger partial charge in [-0.1, -0.05) is 6.07 Å². The van der Waals surface area contributed by atoms with Crippen LogP contribution in [-0.2, 0) is 6.42 Å². The molecule has 0 radical (unpaired) electrons. The first kappa shape index (κ1) is 22.3. The van der Waals surface area contributed by atoms with E-state index in [1.165, 1.54) is 7.11 Å². The highest BCUT2D eigenvalue weighted by Gasteiger charge is 2.32. The number of rotatable bonds is 6. The lowest BCUT2D eigenvalue weighted by atomic mass is 9.90. The molecule has 6 N–H and O–H groups in total. The van der Waals surface area contributed by atoms with E-state index in [0.717, 1.165) is 30.7 Å². The number of aromatic nitrogens is 3. The number of fused-ring (bicyclic) bond motifs is 1. The standard InChI is InChI=1S/C25H22FN5O4/c1-35-18-5-2-11(6-13-9-30-25(28)31-23(13)27)7-14(18)20-17(26)8-15-21(19(20)12-3-4-12)29-10-16(22(15)32)24(33)34/h2,5,7-10,12H,3-4,6H2,1H3,(H,29,32)(H,33,34)(H4,27,28,30,31). The fourth-order valence-electron chi connectivity index (χ4n) is 4.42. The summed E-state index contributed by atoms with van der Waals surface area (Å²) in [4.78, 5) is 35.1. The van der Waals surface area contributed by atoms with E-state index in [0.29, 0.717) is 39.9 Å². The van der Waals surface area contributed by atoms with Crippen LogP contribution in [0.5, 0.6) is 5.75 Å². The van der Waals surface area contributed by atoms with Crippen LogP contribution in [-0.4, -0.2) is 33.1 Å². The first-order valence-corrected chi connectivity index (χ1v) is 10.9. The molecular formula is C25H22FN5O4. The van der Waals surface area contributed by atoms with Crippen molar-refractivity contribution >= 4 is 28.6 Å². The smallest absolute Gasteiger partial charge is 0.341 e. The Morgan fingerprint density at radius 1 is 1.29 bits per heavy atom. The summed E-state index contributed by atoms with van der Waals surface area (Å²) in [5, 5.41) is 9.33. The number of nitrogens with two attached hydrogens (primary N) is 2. The molecule has 1 aliphatic carbocycles. The molecule has 2 aromatic carbocycles. The van der Waals surface area contributed by atoms with E-state index in [1.54, 1.807) is 12.3 Å². The zero-order valence-electron chi connectivity index (χ0n) is 18.8. The van der Waals surface area contributed by atoms with E-state index in [2.05, 4.69) is 15.0 Å². The number of H-pyrrole nitrogens is 1. The van der Waals surface area contributed by atoms with Gasteiger partial charge >= 0.3 is 5.97 Å². The maximum Gasteiger partial charge on any atom is 0.341 e. The van der Waals surface area contributed by atoms with Crippen molar-refractivity contribution < 1.29 is 19.0 Å². The predicted molar refractivity (Wildman–Crippen MR) is 129 cm³/mol. The Labute approximate surface area is 198 Å². The number of anilines is 2. The Morgan fingerprint density at radius 2 is 2.06 bits per heavy atom. The summed E-state index contributed by atoms with van der Waals surface area (Å²) in [6.07, 6.45) is 4.76. The molecule has 0 atom stereocenters. The number of carboxylic acids is 1. The quantitative estimate of drug-likeness (QED) is 0.330. The van der Waals surface area contributed by atoms with E-state index in [4.69, 9.17) is 16.2 Å². The number of hydrogen-bond donors (Lipinski definition) is 4. The first-order valence-electron chi connectivity index (χ1n) is 10.9. The monoisotopic (exact) mass is 475 g/mol. The van der Waals surface area contributed by atoms with Crippen molar-refractivity contribution in [1.29, 1.82) is 0 Å². The number of pyridine rings is 1. The van der Waals surface area contributed by atoms with Crippen LogP contribution >= 0.6 is 0 Å². The van der Waals surface area contributed by atoms with Crippen LogP contribution in [0.4, 0.5) is 16.2 Å². The molecule has 0 saturated heterocycles. The number of nitrogens with zero attached hydrogens (tertiary/aromatic N) is 2. The van der Waals surface area contributed by atoms with Crippen molar-refractivity contribution in [2.45, 2.75) is 25.2 Å². The van der Waals surface area contributed by atoms with Crippen LogP contribution in [0.25, 0.3) is 22.0 Å². The normalized spacial score (nSPS) is 13.2. The number of methoxy groups -OCH3 is 1. The van der Waals surface area contributed by atoms with Gasteiger partial charge < -0.3 is 26.3 Å². The SMILES string of the molecule is COc1ccc(Cc2cnc(N)nc2N)cc1-c1c(F)cc2c(=O)c(C(=O)O)c[nH]c2c1C1CC1. The molecule has 35 heavy (non-hydrogen) atoms. The highest BCUT2D eigenvalue weighted by atomic mass is 19.1. The zero-order valence-corrected chi connectivity index (χ0v) is 18.8. The molecule has 5 rings (SSSR count). The number of nitrogens with one attached hydrogen (secondary N) is 1. The van der Waals surface area contributed by atoms with Gasteiger partial charge in [0.25, 0.3) is 0 Å². The molecule has 0 unspecified atom stereocenters. The average molecular weight is 475 g/mol.